The number of hydrogen-bond acceptors (Lipinski definition) is 3. The zero-order valence-electron chi connectivity index (χ0n) is 9.49. The van der Waals surface area contributed by atoms with E-state index in [1.54, 1.807) is 18.2 Å². The van der Waals surface area contributed by atoms with Crippen LogP contribution in [0.15, 0.2) is 39.4 Å². The Kier molecular flexibility index (Phi) is 3.33. The van der Waals surface area contributed by atoms with Gasteiger partial charge in [-0.25, -0.2) is 0 Å². The second kappa shape index (κ2) is 4.75. The van der Waals surface area contributed by atoms with Crippen LogP contribution in [0.1, 0.15) is 21.7 Å². The molecule has 0 aliphatic rings. The molecule has 3 nitrogen and oxygen atoms in total. The lowest BCUT2D eigenvalue weighted by Crippen LogP contribution is -2.04. The zero-order chi connectivity index (χ0) is 12.4. The molecule has 4 heteroatoms. The molecule has 0 aliphatic carbocycles. The summed E-state index contributed by atoms with van der Waals surface area (Å²) in [5.74, 6) is 0.709. The number of methoxy groups -OCH3 is 1. The summed E-state index contributed by atoms with van der Waals surface area (Å²) < 4.78 is 11.2. The molecule has 0 aliphatic heterocycles. The standard InChI is InChI=1S/C13H11BrO3/c1-8-5-6-17-13(8)12(15)10-7-9(14)3-4-11(10)16-2/h3-7H,1-2H3. The van der Waals surface area contributed by atoms with Crippen molar-refractivity contribution in [2.24, 2.45) is 0 Å². The van der Waals surface area contributed by atoms with Crippen LogP contribution >= 0.6 is 15.9 Å². The van der Waals surface area contributed by atoms with Gasteiger partial charge in [0.05, 0.1) is 18.9 Å². The molecule has 0 fully saturated rings. The summed E-state index contributed by atoms with van der Waals surface area (Å²) in [6.45, 7) is 1.83. The molecule has 0 amide bonds. The fraction of sp³-hybridized carbons (Fsp3) is 0.154. The van der Waals surface area contributed by atoms with E-state index in [1.165, 1.54) is 13.4 Å². The third kappa shape index (κ3) is 2.26. The third-order valence-corrected chi connectivity index (χ3v) is 2.97. The first-order chi connectivity index (χ1) is 8.13. The van der Waals surface area contributed by atoms with E-state index in [-0.39, 0.29) is 5.78 Å². The van der Waals surface area contributed by atoms with E-state index in [2.05, 4.69) is 15.9 Å². The molecule has 0 saturated carbocycles. The molecule has 17 heavy (non-hydrogen) atoms. The second-order valence-electron chi connectivity index (χ2n) is 3.61. The van der Waals surface area contributed by atoms with Crippen molar-refractivity contribution >= 4 is 21.7 Å². The molecule has 0 atom stereocenters. The van der Waals surface area contributed by atoms with Crippen molar-refractivity contribution in [3.63, 3.8) is 0 Å². The number of ether oxygens (including phenoxy) is 1. The molecule has 0 unspecified atom stereocenters. The lowest BCUT2D eigenvalue weighted by Gasteiger charge is -2.07. The smallest absolute Gasteiger partial charge is 0.232 e. The average molecular weight is 295 g/mol. The van der Waals surface area contributed by atoms with Gasteiger partial charge in [0.2, 0.25) is 5.78 Å². The largest absolute Gasteiger partial charge is 0.496 e. The van der Waals surface area contributed by atoms with Crippen LogP contribution in [0.3, 0.4) is 0 Å². The topological polar surface area (TPSA) is 39.4 Å². The Labute approximate surface area is 108 Å². The molecule has 0 bridgehead atoms. The summed E-state index contributed by atoms with van der Waals surface area (Å²) in [5.41, 5.74) is 1.30. The number of furan rings is 1. The van der Waals surface area contributed by atoms with Gasteiger partial charge in [0.15, 0.2) is 5.76 Å². The van der Waals surface area contributed by atoms with Crippen LogP contribution in [0.2, 0.25) is 0 Å². The highest BCUT2D eigenvalue weighted by molar-refractivity contribution is 9.10. The van der Waals surface area contributed by atoms with Crippen LogP contribution in [0, 0.1) is 6.92 Å². The maximum Gasteiger partial charge on any atom is 0.232 e. The van der Waals surface area contributed by atoms with E-state index in [0.29, 0.717) is 17.1 Å². The summed E-state index contributed by atoms with van der Waals surface area (Å²) in [6, 6.07) is 7.06. The number of carbonyl (C=O) groups excluding carboxylic acids is 1. The van der Waals surface area contributed by atoms with Crippen molar-refractivity contribution in [1.82, 2.24) is 0 Å². The summed E-state index contributed by atoms with van der Waals surface area (Å²) >= 11 is 3.34. The molecule has 2 aromatic rings. The number of aryl methyl sites for hydroxylation is 1. The average Bonchev–Trinajstić information content (AvgIpc) is 2.74. The molecular weight excluding hydrogens is 284 g/mol. The lowest BCUT2D eigenvalue weighted by atomic mass is 10.1. The van der Waals surface area contributed by atoms with Crippen molar-refractivity contribution in [3.8, 4) is 5.75 Å². The van der Waals surface area contributed by atoms with Crippen LogP contribution in [0.5, 0.6) is 5.75 Å². The monoisotopic (exact) mass is 294 g/mol. The van der Waals surface area contributed by atoms with E-state index >= 15 is 0 Å². The molecule has 88 valence electrons. The Morgan fingerprint density at radius 3 is 2.71 bits per heavy atom. The maximum atomic E-state index is 12.3. The van der Waals surface area contributed by atoms with Gasteiger partial charge in [-0.3, -0.25) is 4.79 Å². The van der Waals surface area contributed by atoms with Crippen LogP contribution < -0.4 is 4.74 Å². The Hall–Kier alpha value is -1.55. The first-order valence-corrected chi connectivity index (χ1v) is 5.85. The van der Waals surface area contributed by atoms with Gasteiger partial charge >= 0.3 is 0 Å². The summed E-state index contributed by atoms with van der Waals surface area (Å²) in [4.78, 5) is 12.3. The lowest BCUT2D eigenvalue weighted by molar-refractivity contribution is 0.101. The van der Waals surface area contributed by atoms with Crippen LogP contribution in [-0.4, -0.2) is 12.9 Å². The van der Waals surface area contributed by atoms with Crippen molar-refractivity contribution in [3.05, 3.63) is 51.9 Å². The minimum atomic E-state index is -0.175. The molecular formula is C13H11BrO3. The minimum Gasteiger partial charge on any atom is -0.496 e. The van der Waals surface area contributed by atoms with Gasteiger partial charge in [-0.15, -0.1) is 0 Å². The Morgan fingerprint density at radius 2 is 2.12 bits per heavy atom. The minimum absolute atomic E-state index is 0.175. The number of ketones is 1. The van der Waals surface area contributed by atoms with E-state index in [1.807, 2.05) is 13.0 Å². The highest BCUT2D eigenvalue weighted by Gasteiger charge is 2.19. The summed E-state index contributed by atoms with van der Waals surface area (Å²) in [6.07, 6.45) is 1.51. The highest BCUT2D eigenvalue weighted by atomic mass is 79.9. The van der Waals surface area contributed by atoms with Crippen molar-refractivity contribution in [2.75, 3.05) is 7.11 Å². The van der Waals surface area contributed by atoms with Crippen molar-refractivity contribution in [1.29, 1.82) is 0 Å². The Morgan fingerprint density at radius 1 is 1.35 bits per heavy atom. The molecule has 1 aromatic carbocycles. The van der Waals surface area contributed by atoms with Gasteiger partial charge in [-0.1, -0.05) is 15.9 Å². The number of benzene rings is 1. The van der Waals surface area contributed by atoms with E-state index in [0.717, 1.165) is 10.0 Å². The number of hydrogen-bond donors (Lipinski definition) is 0. The Balaban J connectivity index is 2.50. The van der Waals surface area contributed by atoms with Gasteiger partial charge in [0.25, 0.3) is 0 Å². The Bertz CT molecular complexity index is 558. The fourth-order valence-corrected chi connectivity index (χ4v) is 1.95. The molecule has 1 heterocycles. The zero-order valence-corrected chi connectivity index (χ0v) is 11.1. The molecule has 0 radical (unpaired) electrons. The predicted molar refractivity (Wildman–Crippen MR) is 67.6 cm³/mol. The molecule has 0 N–H and O–H groups in total. The first-order valence-electron chi connectivity index (χ1n) is 5.06. The van der Waals surface area contributed by atoms with Crippen molar-refractivity contribution in [2.45, 2.75) is 6.92 Å². The molecule has 0 saturated heterocycles. The van der Waals surface area contributed by atoms with Gasteiger partial charge < -0.3 is 9.15 Å². The maximum absolute atomic E-state index is 12.3. The highest BCUT2D eigenvalue weighted by Crippen LogP contribution is 2.26. The number of rotatable bonds is 3. The third-order valence-electron chi connectivity index (χ3n) is 2.47. The molecule has 2 rings (SSSR count). The molecule has 1 aromatic heterocycles. The van der Waals surface area contributed by atoms with E-state index in [4.69, 9.17) is 9.15 Å². The number of halogens is 1. The summed E-state index contributed by atoms with van der Waals surface area (Å²) in [5, 5.41) is 0. The molecule has 0 spiro atoms. The van der Waals surface area contributed by atoms with Crippen LogP contribution in [-0.2, 0) is 0 Å². The van der Waals surface area contributed by atoms with Crippen LogP contribution in [0.4, 0.5) is 0 Å². The van der Waals surface area contributed by atoms with Crippen LogP contribution in [0.25, 0.3) is 0 Å². The van der Waals surface area contributed by atoms with E-state index in [9.17, 15) is 4.79 Å². The predicted octanol–water partition coefficient (Wildman–Crippen LogP) is 3.59. The normalized spacial score (nSPS) is 10.3. The fourth-order valence-electron chi connectivity index (χ4n) is 1.59. The van der Waals surface area contributed by atoms with Gasteiger partial charge in [0.1, 0.15) is 5.75 Å². The van der Waals surface area contributed by atoms with E-state index < -0.39 is 0 Å². The first kappa shape index (κ1) is 11.9. The van der Waals surface area contributed by atoms with Crippen molar-refractivity contribution < 1.29 is 13.9 Å². The summed E-state index contributed by atoms with van der Waals surface area (Å²) in [7, 11) is 1.54. The SMILES string of the molecule is COc1ccc(Br)cc1C(=O)c1occc1C. The second-order valence-corrected chi connectivity index (χ2v) is 4.52. The quantitative estimate of drug-likeness (QED) is 0.812. The van der Waals surface area contributed by atoms with Gasteiger partial charge in [0, 0.05) is 4.47 Å². The van der Waals surface area contributed by atoms with Gasteiger partial charge in [-0.2, -0.15) is 0 Å². The van der Waals surface area contributed by atoms with Gasteiger partial charge in [-0.05, 0) is 36.8 Å². The number of carbonyl (C=O) groups is 1.